The number of ketones is 1. The molecule has 2 amide bonds. The van der Waals surface area contributed by atoms with Gasteiger partial charge in [0.15, 0.2) is 23.2 Å². The number of hydrogen-bond acceptors (Lipinski definition) is 4. The van der Waals surface area contributed by atoms with Crippen molar-refractivity contribution in [3.05, 3.63) is 95.3 Å². The molecule has 0 bridgehead atoms. The molecule has 4 aromatic rings. The average molecular weight is 440 g/mol. The fraction of sp³-hybridized carbons (Fsp3) is 0. The van der Waals surface area contributed by atoms with Crippen LogP contribution in [0.2, 0.25) is 0 Å². The number of benzene rings is 3. The average Bonchev–Trinajstić information content (AvgIpc) is 2.78. The van der Waals surface area contributed by atoms with Crippen molar-refractivity contribution in [3.8, 4) is 0 Å². The summed E-state index contributed by atoms with van der Waals surface area (Å²) in [5, 5.41) is 4.30. The number of urea groups is 1. The molecule has 0 spiro atoms. The monoisotopic (exact) mass is 440 g/mol. The number of aromatic nitrogens is 2. The Morgan fingerprint density at radius 2 is 1.44 bits per heavy atom. The van der Waals surface area contributed by atoms with Crippen LogP contribution in [-0.2, 0) is 0 Å². The highest BCUT2D eigenvalue weighted by Gasteiger charge is 2.26. The number of nitrogens with zero attached hydrogens (tertiary/aromatic N) is 2. The molecule has 1 aromatic heterocycles. The largest absolute Gasteiger partial charge is 0.323 e. The zero-order valence-corrected chi connectivity index (χ0v) is 16.0. The third-order valence-electron chi connectivity index (χ3n) is 4.47. The number of halogens is 4. The lowest BCUT2D eigenvalue weighted by Gasteiger charge is -2.12. The Morgan fingerprint density at radius 3 is 2.16 bits per heavy atom. The molecule has 2 N–H and O–H groups in total. The maximum absolute atomic E-state index is 15.0. The summed E-state index contributed by atoms with van der Waals surface area (Å²) in [7, 11) is 0. The van der Waals surface area contributed by atoms with Crippen molar-refractivity contribution in [2.75, 3.05) is 10.6 Å². The second-order valence-electron chi connectivity index (χ2n) is 6.58. The summed E-state index contributed by atoms with van der Waals surface area (Å²) >= 11 is 0. The van der Waals surface area contributed by atoms with Crippen molar-refractivity contribution in [1.82, 2.24) is 9.97 Å². The molecule has 0 aliphatic heterocycles. The summed E-state index contributed by atoms with van der Waals surface area (Å²) in [5.41, 5.74) is -1.17. The van der Waals surface area contributed by atoms with Crippen LogP contribution in [0.4, 0.5) is 33.7 Å². The molecule has 32 heavy (non-hydrogen) atoms. The Morgan fingerprint density at radius 1 is 0.750 bits per heavy atom. The molecule has 0 saturated heterocycles. The normalized spacial score (nSPS) is 10.8. The first-order valence-corrected chi connectivity index (χ1v) is 9.10. The van der Waals surface area contributed by atoms with Gasteiger partial charge in [0.2, 0.25) is 0 Å². The van der Waals surface area contributed by atoms with E-state index in [2.05, 4.69) is 15.3 Å². The first kappa shape index (κ1) is 20.9. The number of rotatable bonds is 4. The lowest BCUT2D eigenvalue weighted by molar-refractivity contribution is 0.103. The Hall–Kier alpha value is -4.34. The molecule has 0 aliphatic rings. The van der Waals surface area contributed by atoms with Crippen LogP contribution in [0, 0.1) is 23.3 Å². The molecule has 0 fully saturated rings. The van der Waals surface area contributed by atoms with Gasteiger partial charge in [0, 0.05) is 29.7 Å². The molecule has 10 heteroatoms. The van der Waals surface area contributed by atoms with Gasteiger partial charge in [-0.2, -0.15) is 0 Å². The van der Waals surface area contributed by atoms with Crippen molar-refractivity contribution in [2.45, 2.75) is 0 Å². The fourth-order valence-electron chi connectivity index (χ4n) is 2.96. The summed E-state index contributed by atoms with van der Waals surface area (Å²) < 4.78 is 56.5. The SMILES string of the molecule is O=C(Nc1ccc(F)cc1)Nc1cc(F)c(F)c(C(=O)c2ccc3nccnc3c2)c1F. The molecular formula is C22H12F4N4O2. The Balaban J connectivity index is 1.66. The van der Waals surface area contributed by atoms with E-state index in [0.717, 1.165) is 12.1 Å². The second-order valence-corrected chi connectivity index (χ2v) is 6.58. The van der Waals surface area contributed by atoms with E-state index in [1.54, 1.807) is 0 Å². The van der Waals surface area contributed by atoms with E-state index in [1.807, 2.05) is 5.32 Å². The summed E-state index contributed by atoms with van der Waals surface area (Å²) in [6.45, 7) is 0. The third-order valence-corrected chi connectivity index (χ3v) is 4.47. The molecular weight excluding hydrogens is 428 g/mol. The predicted octanol–water partition coefficient (Wildman–Crippen LogP) is 5.06. The van der Waals surface area contributed by atoms with Gasteiger partial charge in [0.05, 0.1) is 22.3 Å². The summed E-state index contributed by atoms with van der Waals surface area (Å²) in [6.07, 6.45) is 2.81. The highest BCUT2D eigenvalue weighted by atomic mass is 19.2. The first-order chi connectivity index (χ1) is 15.3. The van der Waals surface area contributed by atoms with Crippen LogP contribution in [0.5, 0.6) is 0 Å². The van der Waals surface area contributed by atoms with E-state index < -0.39 is 46.3 Å². The molecule has 0 radical (unpaired) electrons. The predicted molar refractivity (Wildman–Crippen MR) is 108 cm³/mol. The number of hydrogen-bond donors (Lipinski definition) is 2. The lowest BCUT2D eigenvalue weighted by Crippen LogP contribution is -2.21. The molecule has 3 aromatic carbocycles. The zero-order chi connectivity index (χ0) is 22.8. The smallest absolute Gasteiger partial charge is 0.308 e. The van der Waals surface area contributed by atoms with Crippen LogP contribution >= 0.6 is 0 Å². The Bertz CT molecular complexity index is 1360. The van der Waals surface area contributed by atoms with Crippen molar-refractivity contribution in [1.29, 1.82) is 0 Å². The van der Waals surface area contributed by atoms with Gasteiger partial charge in [-0.1, -0.05) is 0 Å². The Labute approximate surface area is 177 Å². The highest BCUT2D eigenvalue weighted by molar-refractivity contribution is 6.11. The maximum atomic E-state index is 15.0. The van der Waals surface area contributed by atoms with Crippen LogP contribution in [-0.4, -0.2) is 21.8 Å². The quantitative estimate of drug-likeness (QED) is 0.264. The van der Waals surface area contributed by atoms with Gasteiger partial charge in [-0.15, -0.1) is 0 Å². The van der Waals surface area contributed by atoms with Crippen LogP contribution < -0.4 is 10.6 Å². The number of amides is 2. The fourth-order valence-corrected chi connectivity index (χ4v) is 2.96. The van der Waals surface area contributed by atoms with Crippen molar-refractivity contribution in [2.24, 2.45) is 0 Å². The van der Waals surface area contributed by atoms with E-state index in [1.165, 1.54) is 42.7 Å². The minimum Gasteiger partial charge on any atom is -0.308 e. The molecule has 1 heterocycles. The highest BCUT2D eigenvalue weighted by Crippen LogP contribution is 2.27. The second kappa shape index (κ2) is 8.42. The number of nitrogens with one attached hydrogen (secondary N) is 2. The lowest BCUT2D eigenvalue weighted by atomic mass is 10.0. The zero-order valence-electron chi connectivity index (χ0n) is 16.0. The minimum absolute atomic E-state index is 0.150. The molecule has 0 atom stereocenters. The molecule has 6 nitrogen and oxygen atoms in total. The van der Waals surface area contributed by atoms with E-state index in [-0.39, 0.29) is 11.3 Å². The first-order valence-electron chi connectivity index (χ1n) is 9.10. The molecule has 0 aliphatic carbocycles. The maximum Gasteiger partial charge on any atom is 0.323 e. The van der Waals surface area contributed by atoms with Gasteiger partial charge in [-0.05, 0) is 42.5 Å². The van der Waals surface area contributed by atoms with E-state index in [4.69, 9.17) is 0 Å². The minimum atomic E-state index is -1.70. The standard InChI is InChI=1S/C22H12F4N4O2/c23-12-2-4-13(5-3-12)29-22(32)30-17-10-14(24)19(25)18(20(17)26)21(31)11-1-6-15-16(9-11)28-8-7-27-15/h1-10H,(H2,29,30,32). The van der Waals surface area contributed by atoms with Crippen molar-refractivity contribution < 1.29 is 27.2 Å². The summed E-state index contributed by atoms with van der Waals surface area (Å²) in [5.74, 6) is -6.37. The summed E-state index contributed by atoms with van der Waals surface area (Å²) in [6, 6.07) is 8.03. The Kier molecular flexibility index (Phi) is 5.50. The van der Waals surface area contributed by atoms with Crippen LogP contribution in [0.3, 0.4) is 0 Å². The number of carbonyl (C=O) groups excluding carboxylic acids is 2. The molecule has 4 rings (SSSR count). The van der Waals surface area contributed by atoms with Gasteiger partial charge in [0.25, 0.3) is 0 Å². The number of fused-ring (bicyclic) bond motifs is 1. The van der Waals surface area contributed by atoms with Gasteiger partial charge >= 0.3 is 6.03 Å². The topological polar surface area (TPSA) is 84.0 Å². The molecule has 0 saturated carbocycles. The van der Waals surface area contributed by atoms with Crippen LogP contribution in [0.15, 0.2) is 60.9 Å². The number of carbonyl (C=O) groups is 2. The van der Waals surface area contributed by atoms with E-state index in [0.29, 0.717) is 17.1 Å². The van der Waals surface area contributed by atoms with Crippen LogP contribution in [0.1, 0.15) is 15.9 Å². The van der Waals surface area contributed by atoms with Gasteiger partial charge < -0.3 is 10.6 Å². The van der Waals surface area contributed by atoms with Crippen molar-refractivity contribution in [3.63, 3.8) is 0 Å². The number of anilines is 2. The third kappa shape index (κ3) is 4.10. The van der Waals surface area contributed by atoms with E-state index in [9.17, 15) is 27.2 Å². The van der Waals surface area contributed by atoms with Crippen molar-refractivity contribution >= 4 is 34.2 Å². The molecule has 160 valence electrons. The van der Waals surface area contributed by atoms with E-state index >= 15 is 0 Å². The molecule has 0 unspecified atom stereocenters. The van der Waals surface area contributed by atoms with Gasteiger partial charge in [-0.3, -0.25) is 14.8 Å². The van der Waals surface area contributed by atoms with Gasteiger partial charge in [0.1, 0.15) is 5.82 Å². The van der Waals surface area contributed by atoms with Crippen LogP contribution in [0.25, 0.3) is 11.0 Å². The van der Waals surface area contributed by atoms with Gasteiger partial charge in [-0.25, -0.2) is 22.4 Å². The summed E-state index contributed by atoms with van der Waals surface area (Å²) in [4.78, 5) is 32.9.